The number of aliphatic hydroxyl groups excluding tert-OH is 1. The summed E-state index contributed by atoms with van der Waals surface area (Å²) in [5.74, 6) is -0.247. The summed E-state index contributed by atoms with van der Waals surface area (Å²) in [5, 5.41) is 13.6. The van der Waals surface area contributed by atoms with Gasteiger partial charge in [0.05, 0.1) is 19.3 Å². The van der Waals surface area contributed by atoms with Gasteiger partial charge in [0, 0.05) is 0 Å². The number of nitrogens with one attached hydrogen (secondary N) is 1. The molecule has 0 radical (unpaired) electrons. The van der Waals surface area contributed by atoms with Gasteiger partial charge in [0.25, 0.3) is 5.91 Å². The van der Waals surface area contributed by atoms with Crippen molar-refractivity contribution in [1.82, 2.24) is 10.2 Å². The molecule has 0 saturated carbocycles. The molecule has 32 heavy (non-hydrogen) atoms. The van der Waals surface area contributed by atoms with E-state index < -0.39 is 17.7 Å². The Morgan fingerprint density at radius 2 is 1.62 bits per heavy atom. The van der Waals surface area contributed by atoms with Crippen LogP contribution < -0.4 is 5.32 Å². The Balaban J connectivity index is 1.71. The lowest BCUT2D eigenvalue weighted by Crippen LogP contribution is -2.47. The van der Waals surface area contributed by atoms with Crippen LogP contribution in [0.25, 0.3) is 0 Å². The fraction of sp³-hybridized carbons (Fsp3) is 0.462. The van der Waals surface area contributed by atoms with E-state index >= 15 is 0 Å². The third-order valence-electron chi connectivity index (χ3n) is 6.02. The summed E-state index contributed by atoms with van der Waals surface area (Å²) in [6, 6.07) is 17.4. The Morgan fingerprint density at radius 3 is 2.25 bits per heavy atom. The van der Waals surface area contributed by atoms with Gasteiger partial charge in [-0.2, -0.15) is 0 Å². The second kappa shape index (κ2) is 10.7. The Kier molecular flexibility index (Phi) is 8.04. The summed E-state index contributed by atoms with van der Waals surface area (Å²) in [5.41, 5.74) is 2.24. The van der Waals surface area contributed by atoms with Gasteiger partial charge in [0.15, 0.2) is 0 Å². The van der Waals surface area contributed by atoms with Crippen molar-refractivity contribution in [2.75, 3.05) is 13.2 Å². The topological polar surface area (TPSA) is 78.9 Å². The smallest absolute Gasteiger partial charge is 0.325 e. The summed E-state index contributed by atoms with van der Waals surface area (Å²) in [4.78, 5) is 26.8. The minimum atomic E-state index is -0.987. The SMILES string of the molecule is CCCC1(CCC)NC(=O)N(CC(O)COC(c2ccccc2)c2ccccc2C)C1=O. The van der Waals surface area contributed by atoms with Crippen LogP contribution in [0.15, 0.2) is 54.6 Å². The van der Waals surface area contributed by atoms with Crippen LogP contribution in [0.3, 0.4) is 0 Å². The molecule has 1 aliphatic heterocycles. The number of ether oxygens (including phenoxy) is 1. The maximum atomic E-state index is 13.1. The van der Waals surface area contributed by atoms with Gasteiger partial charge in [0.1, 0.15) is 11.6 Å². The highest BCUT2D eigenvalue weighted by Gasteiger charge is 2.50. The molecular weight excluding hydrogens is 404 g/mol. The zero-order valence-corrected chi connectivity index (χ0v) is 19.2. The van der Waals surface area contributed by atoms with Crippen molar-refractivity contribution >= 4 is 11.9 Å². The number of hydrogen-bond acceptors (Lipinski definition) is 4. The molecular formula is C26H34N2O4. The van der Waals surface area contributed by atoms with Gasteiger partial charge in [-0.25, -0.2) is 4.79 Å². The van der Waals surface area contributed by atoms with E-state index in [0.717, 1.165) is 34.4 Å². The molecule has 1 aliphatic rings. The molecule has 0 bridgehead atoms. The maximum absolute atomic E-state index is 13.1. The summed E-state index contributed by atoms with van der Waals surface area (Å²) >= 11 is 0. The lowest BCUT2D eigenvalue weighted by molar-refractivity contribution is -0.133. The molecule has 0 aliphatic carbocycles. The summed E-state index contributed by atoms with van der Waals surface area (Å²) in [6.45, 7) is 5.93. The van der Waals surface area contributed by atoms with Crippen LogP contribution in [-0.2, 0) is 9.53 Å². The van der Waals surface area contributed by atoms with Crippen LogP contribution in [0.4, 0.5) is 4.79 Å². The lowest BCUT2D eigenvalue weighted by atomic mass is 9.88. The molecule has 0 spiro atoms. The molecule has 172 valence electrons. The van der Waals surface area contributed by atoms with E-state index in [0.29, 0.717) is 12.8 Å². The molecule has 2 N–H and O–H groups in total. The maximum Gasteiger partial charge on any atom is 0.325 e. The number of amides is 3. The molecule has 2 aromatic rings. The van der Waals surface area contributed by atoms with Crippen molar-refractivity contribution in [3.05, 3.63) is 71.3 Å². The van der Waals surface area contributed by atoms with Gasteiger partial charge in [-0.15, -0.1) is 0 Å². The largest absolute Gasteiger partial charge is 0.389 e. The molecule has 2 atom stereocenters. The van der Waals surface area contributed by atoms with E-state index in [9.17, 15) is 14.7 Å². The zero-order chi connectivity index (χ0) is 23.1. The molecule has 1 heterocycles. The fourth-order valence-corrected chi connectivity index (χ4v) is 4.50. The number of benzene rings is 2. The number of β-amino-alcohol motifs (C(OH)–C–C–N with tert-alkyl or cyclic N) is 1. The number of hydrogen-bond donors (Lipinski definition) is 2. The Morgan fingerprint density at radius 1 is 1.00 bits per heavy atom. The quantitative estimate of drug-likeness (QED) is 0.511. The fourth-order valence-electron chi connectivity index (χ4n) is 4.50. The highest BCUT2D eigenvalue weighted by molar-refractivity contribution is 6.07. The van der Waals surface area contributed by atoms with E-state index in [1.807, 2.05) is 75.4 Å². The first-order valence-corrected chi connectivity index (χ1v) is 11.5. The molecule has 6 nitrogen and oxygen atoms in total. The average Bonchev–Trinajstić information content (AvgIpc) is 3.00. The van der Waals surface area contributed by atoms with Gasteiger partial charge in [-0.1, -0.05) is 81.3 Å². The number of carbonyl (C=O) groups is 2. The molecule has 1 fully saturated rings. The Labute approximate surface area is 190 Å². The molecule has 2 unspecified atom stereocenters. The highest BCUT2D eigenvalue weighted by Crippen LogP contribution is 2.30. The monoisotopic (exact) mass is 438 g/mol. The molecule has 3 amide bonds. The van der Waals surface area contributed by atoms with Crippen LogP contribution in [0.2, 0.25) is 0 Å². The predicted octanol–water partition coefficient (Wildman–Crippen LogP) is 4.35. The van der Waals surface area contributed by atoms with Crippen LogP contribution in [0.5, 0.6) is 0 Å². The second-order valence-electron chi connectivity index (χ2n) is 8.56. The highest BCUT2D eigenvalue weighted by atomic mass is 16.5. The van der Waals surface area contributed by atoms with Gasteiger partial charge in [0.2, 0.25) is 0 Å². The van der Waals surface area contributed by atoms with E-state index in [1.54, 1.807) is 0 Å². The number of imide groups is 1. The van der Waals surface area contributed by atoms with E-state index in [-0.39, 0.29) is 25.2 Å². The first-order chi connectivity index (χ1) is 15.4. The van der Waals surface area contributed by atoms with E-state index in [2.05, 4.69) is 5.32 Å². The number of nitrogens with zero attached hydrogens (tertiary/aromatic N) is 1. The van der Waals surface area contributed by atoms with Crippen LogP contribution in [0, 0.1) is 6.92 Å². The molecule has 3 rings (SSSR count). The van der Waals surface area contributed by atoms with Crippen molar-refractivity contribution < 1.29 is 19.4 Å². The summed E-state index contributed by atoms with van der Waals surface area (Å²) in [7, 11) is 0. The third kappa shape index (κ3) is 5.19. The number of urea groups is 1. The van der Waals surface area contributed by atoms with Crippen molar-refractivity contribution in [1.29, 1.82) is 0 Å². The van der Waals surface area contributed by atoms with Crippen molar-refractivity contribution in [3.8, 4) is 0 Å². The summed E-state index contributed by atoms with van der Waals surface area (Å²) < 4.78 is 6.16. The minimum absolute atomic E-state index is 0.000485. The average molecular weight is 439 g/mol. The zero-order valence-electron chi connectivity index (χ0n) is 19.2. The van der Waals surface area contributed by atoms with Crippen molar-refractivity contribution in [2.24, 2.45) is 0 Å². The first-order valence-electron chi connectivity index (χ1n) is 11.5. The van der Waals surface area contributed by atoms with Crippen molar-refractivity contribution in [3.63, 3.8) is 0 Å². The normalized spacial score (nSPS) is 17.3. The van der Waals surface area contributed by atoms with Crippen LogP contribution in [-0.4, -0.2) is 46.7 Å². The number of rotatable bonds is 11. The van der Waals surface area contributed by atoms with Crippen LogP contribution >= 0.6 is 0 Å². The Bertz CT molecular complexity index is 909. The lowest BCUT2D eigenvalue weighted by Gasteiger charge is -2.26. The second-order valence-corrected chi connectivity index (χ2v) is 8.56. The number of carbonyl (C=O) groups excluding carboxylic acids is 2. The molecule has 2 aromatic carbocycles. The third-order valence-corrected chi connectivity index (χ3v) is 6.02. The number of aryl methyl sites for hydroxylation is 1. The van der Waals surface area contributed by atoms with Gasteiger partial charge < -0.3 is 15.2 Å². The predicted molar refractivity (Wildman–Crippen MR) is 124 cm³/mol. The van der Waals surface area contributed by atoms with Gasteiger partial charge in [-0.05, 0) is 36.5 Å². The number of aliphatic hydroxyl groups is 1. The van der Waals surface area contributed by atoms with Crippen molar-refractivity contribution in [2.45, 2.75) is 64.2 Å². The van der Waals surface area contributed by atoms with E-state index in [1.165, 1.54) is 0 Å². The molecule has 1 saturated heterocycles. The van der Waals surface area contributed by atoms with Gasteiger partial charge in [-0.3, -0.25) is 9.69 Å². The Hall–Kier alpha value is -2.70. The minimum Gasteiger partial charge on any atom is -0.389 e. The van der Waals surface area contributed by atoms with Gasteiger partial charge >= 0.3 is 6.03 Å². The first kappa shape index (κ1) is 24.0. The standard InChI is InChI=1S/C26H34N2O4/c1-4-15-26(16-5-2)24(30)28(25(31)27-26)17-21(29)18-32-23(20-12-7-6-8-13-20)22-14-10-9-11-19(22)3/h6-14,21,23,29H,4-5,15-18H2,1-3H3,(H,27,31). The molecule has 6 heteroatoms. The van der Waals surface area contributed by atoms with E-state index in [4.69, 9.17) is 4.74 Å². The molecule has 0 aromatic heterocycles. The van der Waals surface area contributed by atoms with Crippen LogP contribution in [0.1, 0.15) is 62.3 Å². The summed E-state index contributed by atoms with van der Waals surface area (Å²) in [6.07, 6.45) is 1.44.